The van der Waals surface area contributed by atoms with E-state index < -0.39 is 0 Å². The van der Waals surface area contributed by atoms with Gasteiger partial charge >= 0.3 is 0 Å². The fourth-order valence-electron chi connectivity index (χ4n) is 1.97. The molecule has 0 unspecified atom stereocenters. The van der Waals surface area contributed by atoms with Crippen molar-refractivity contribution in [2.24, 2.45) is 0 Å². The Morgan fingerprint density at radius 1 is 1.10 bits per heavy atom. The molecule has 5 heteroatoms. The molecule has 0 aliphatic carbocycles. The lowest BCUT2D eigenvalue weighted by atomic mass is 10.1. The molecule has 5 nitrogen and oxygen atoms in total. The van der Waals surface area contributed by atoms with E-state index in [2.05, 4.69) is 5.32 Å². The Balaban J connectivity index is 2.28. The van der Waals surface area contributed by atoms with Crippen molar-refractivity contribution < 1.29 is 14.3 Å². The molecule has 0 aliphatic rings. The number of rotatable bonds is 4. The standard InChI is InChI=1S/C16H18N2O3/c1-10-4-5-14(15(6-10)21-3)18-16(19)11-7-12(17)9-13(8-11)20-2/h4-9H,17H2,1-3H3,(H,18,19). The van der Waals surface area contributed by atoms with Crippen LogP contribution in [0.4, 0.5) is 11.4 Å². The van der Waals surface area contributed by atoms with Gasteiger partial charge in [-0.1, -0.05) is 6.07 Å². The molecule has 0 spiro atoms. The van der Waals surface area contributed by atoms with E-state index >= 15 is 0 Å². The molecular formula is C16H18N2O3. The van der Waals surface area contributed by atoms with Gasteiger partial charge in [-0.15, -0.1) is 0 Å². The van der Waals surface area contributed by atoms with Crippen LogP contribution in [0, 0.1) is 6.92 Å². The first-order valence-corrected chi connectivity index (χ1v) is 6.44. The molecule has 3 N–H and O–H groups in total. The zero-order valence-corrected chi connectivity index (χ0v) is 12.3. The van der Waals surface area contributed by atoms with Gasteiger partial charge in [-0.05, 0) is 36.8 Å². The van der Waals surface area contributed by atoms with Crippen molar-refractivity contribution in [2.45, 2.75) is 6.92 Å². The summed E-state index contributed by atoms with van der Waals surface area (Å²) < 4.78 is 10.4. The molecule has 0 heterocycles. The van der Waals surface area contributed by atoms with Gasteiger partial charge in [0.25, 0.3) is 5.91 Å². The number of nitrogens with two attached hydrogens (primary N) is 1. The van der Waals surface area contributed by atoms with Crippen molar-refractivity contribution in [1.29, 1.82) is 0 Å². The van der Waals surface area contributed by atoms with Gasteiger partial charge in [0.1, 0.15) is 11.5 Å². The Labute approximate surface area is 123 Å². The van der Waals surface area contributed by atoms with Crippen LogP contribution >= 0.6 is 0 Å². The molecule has 0 bridgehead atoms. The van der Waals surface area contributed by atoms with E-state index in [1.807, 2.05) is 19.1 Å². The van der Waals surface area contributed by atoms with E-state index in [0.29, 0.717) is 28.4 Å². The van der Waals surface area contributed by atoms with Gasteiger partial charge in [-0.25, -0.2) is 0 Å². The molecule has 2 aromatic rings. The molecule has 0 saturated carbocycles. The molecule has 0 aliphatic heterocycles. The van der Waals surface area contributed by atoms with Crippen molar-refractivity contribution in [1.82, 2.24) is 0 Å². The average Bonchev–Trinajstić information content (AvgIpc) is 2.48. The van der Waals surface area contributed by atoms with Crippen molar-refractivity contribution in [3.8, 4) is 11.5 Å². The van der Waals surface area contributed by atoms with Crippen LogP contribution in [-0.4, -0.2) is 20.1 Å². The highest BCUT2D eigenvalue weighted by molar-refractivity contribution is 6.05. The number of amides is 1. The molecular weight excluding hydrogens is 268 g/mol. The number of hydrogen-bond acceptors (Lipinski definition) is 4. The Hall–Kier alpha value is -2.69. The molecule has 2 aromatic carbocycles. The van der Waals surface area contributed by atoms with Crippen LogP contribution in [0.1, 0.15) is 15.9 Å². The van der Waals surface area contributed by atoms with Gasteiger partial charge in [0, 0.05) is 17.3 Å². The Bertz CT molecular complexity index is 669. The molecule has 0 saturated heterocycles. The topological polar surface area (TPSA) is 73.6 Å². The summed E-state index contributed by atoms with van der Waals surface area (Å²) in [5, 5.41) is 2.81. The van der Waals surface area contributed by atoms with Gasteiger partial charge in [-0.3, -0.25) is 4.79 Å². The normalized spacial score (nSPS) is 10.0. The Morgan fingerprint density at radius 3 is 2.52 bits per heavy atom. The number of nitrogens with one attached hydrogen (secondary N) is 1. The average molecular weight is 286 g/mol. The quantitative estimate of drug-likeness (QED) is 0.848. The third-order valence-electron chi connectivity index (χ3n) is 3.03. The lowest BCUT2D eigenvalue weighted by Gasteiger charge is -2.12. The lowest BCUT2D eigenvalue weighted by Crippen LogP contribution is -2.13. The highest BCUT2D eigenvalue weighted by Gasteiger charge is 2.11. The fraction of sp³-hybridized carbons (Fsp3) is 0.188. The lowest BCUT2D eigenvalue weighted by molar-refractivity contribution is 0.102. The van der Waals surface area contributed by atoms with Crippen LogP contribution < -0.4 is 20.5 Å². The Morgan fingerprint density at radius 2 is 1.86 bits per heavy atom. The van der Waals surface area contributed by atoms with Crippen LogP contribution in [0.15, 0.2) is 36.4 Å². The zero-order chi connectivity index (χ0) is 15.4. The van der Waals surface area contributed by atoms with Gasteiger partial charge in [0.05, 0.1) is 19.9 Å². The summed E-state index contributed by atoms with van der Waals surface area (Å²) in [6.07, 6.45) is 0. The maximum atomic E-state index is 12.3. The number of nitrogen functional groups attached to an aromatic ring is 1. The predicted molar refractivity (Wildman–Crippen MR) is 83.1 cm³/mol. The summed E-state index contributed by atoms with van der Waals surface area (Å²) in [6, 6.07) is 10.4. The molecule has 0 aromatic heterocycles. The summed E-state index contributed by atoms with van der Waals surface area (Å²) in [7, 11) is 3.09. The van der Waals surface area contributed by atoms with E-state index in [4.69, 9.17) is 15.2 Å². The van der Waals surface area contributed by atoms with Crippen molar-refractivity contribution in [3.05, 3.63) is 47.5 Å². The van der Waals surface area contributed by atoms with Crippen molar-refractivity contribution in [3.63, 3.8) is 0 Å². The second-order valence-corrected chi connectivity index (χ2v) is 4.65. The van der Waals surface area contributed by atoms with Crippen LogP contribution in [0.2, 0.25) is 0 Å². The van der Waals surface area contributed by atoms with Crippen molar-refractivity contribution >= 4 is 17.3 Å². The van der Waals surface area contributed by atoms with Gasteiger partial charge in [0.15, 0.2) is 0 Å². The van der Waals surface area contributed by atoms with Crippen LogP contribution in [-0.2, 0) is 0 Å². The minimum absolute atomic E-state index is 0.275. The molecule has 0 fully saturated rings. The zero-order valence-electron chi connectivity index (χ0n) is 12.3. The monoisotopic (exact) mass is 286 g/mol. The number of benzene rings is 2. The maximum absolute atomic E-state index is 12.3. The van der Waals surface area contributed by atoms with Crippen molar-refractivity contribution in [2.75, 3.05) is 25.3 Å². The van der Waals surface area contributed by atoms with E-state index in [-0.39, 0.29) is 5.91 Å². The van der Waals surface area contributed by atoms with Gasteiger partial charge in [0.2, 0.25) is 0 Å². The summed E-state index contributed by atoms with van der Waals surface area (Å²) in [5.41, 5.74) is 8.31. The first kappa shape index (κ1) is 14.7. The number of hydrogen-bond donors (Lipinski definition) is 2. The number of ether oxygens (including phenoxy) is 2. The number of carbonyl (C=O) groups excluding carboxylic acids is 1. The fourth-order valence-corrected chi connectivity index (χ4v) is 1.97. The summed E-state index contributed by atoms with van der Waals surface area (Å²) >= 11 is 0. The van der Waals surface area contributed by atoms with Crippen LogP contribution in [0.3, 0.4) is 0 Å². The molecule has 0 radical (unpaired) electrons. The highest BCUT2D eigenvalue weighted by Crippen LogP contribution is 2.26. The number of carbonyl (C=O) groups is 1. The SMILES string of the molecule is COc1cc(N)cc(C(=O)Nc2ccc(C)cc2OC)c1. The number of aryl methyl sites for hydroxylation is 1. The third-order valence-corrected chi connectivity index (χ3v) is 3.03. The summed E-state index contributed by atoms with van der Waals surface area (Å²) in [5.74, 6) is 0.873. The maximum Gasteiger partial charge on any atom is 0.255 e. The molecule has 110 valence electrons. The first-order chi connectivity index (χ1) is 10.0. The van der Waals surface area contributed by atoms with Gasteiger partial charge < -0.3 is 20.5 Å². The molecule has 0 atom stereocenters. The van der Waals surface area contributed by atoms with E-state index in [0.717, 1.165) is 5.56 Å². The third kappa shape index (κ3) is 3.45. The molecule has 1 amide bonds. The molecule has 21 heavy (non-hydrogen) atoms. The minimum Gasteiger partial charge on any atom is -0.497 e. The smallest absolute Gasteiger partial charge is 0.255 e. The van der Waals surface area contributed by atoms with E-state index in [1.54, 1.807) is 31.4 Å². The second kappa shape index (κ2) is 6.17. The van der Waals surface area contributed by atoms with Crippen LogP contribution in [0.25, 0.3) is 0 Å². The van der Waals surface area contributed by atoms with Gasteiger partial charge in [-0.2, -0.15) is 0 Å². The highest BCUT2D eigenvalue weighted by atomic mass is 16.5. The summed E-state index contributed by atoms with van der Waals surface area (Å²) in [4.78, 5) is 12.3. The number of methoxy groups -OCH3 is 2. The number of anilines is 2. The predicted octanol–water partition coefficient (Wildman–Crippen LogP) is 2.85. The molecule has 2 rings (SSSR count). The Kier molecular flexibility index (Phi) is 4.33. The first-order valence-electron chi connectivity index (χ1n) is 6.44. The second-order valence-electron chi connectivity index (χ2n) is 4.65. The van der Waals surface area contributed by atoms with E-state index in [1.165, 1.54) is 7.11 Å². The largest absolute Gasteiger partial charge is 0.497 e. The van der Waals surface area contributed by atoms with Crippen LogP contribution in [0.5, 0.6) is 11.5 Å². The minimum atomic E-state index is -0.275. The summed E-state index contributed by atoms with van der Waals surface area (Å²) in [6.45, 7) is 1.96. The van der Waals surface area contributed by atoms with E-state index in [9.17, 15) is 4.79 Å².